The molecule has 1 fully saturated rings. The normalized spacial score (nSPS) is 21.5. The number of fused-ring (bicyclic) bond motifs is 1. The van der Waals surface area contributed by atoms with E-state index >= 15 is 0 Å². The lowest BCUT2D eigenvalue weighted by Crippen LogP contribution is -2.39. The molecule has 0 unspecified atom stereocenters. The van der Waals surface area contributed by atoms with E-state index in [2.05, 4.69) is 22.2 Å². The Balaban J connectivity index is 1.79. The number of esters is 1. The van der Waals surface area contributed by atoms with Gasteiger partial charge in [-0.3, -0.25) is 4.79 Å². The summed E-state index contributed by atoms with van der Waals surface area (Å²) >= 11 is 6.32. The monoisotopic (exact) mass is 421 g/mol. The summed E-state index contributed by atoms with van der Waals surface area (Å²) in [5.74, 6) is 0.971. The van der Waals surface area contributed by atoms with Crippen molar-refractivity contribution in [3.05, 3.63) is 23.4 Å². The molecule has 1 aliphatic rings. The zero-order valence-electron chi connectivity index (χ0n) is 17.3. The third-order valence-electron chi connectivity index (χ3n) is 4.94. The highest BCUT2D eigenvalue weighted by Crippen LogP contribution is 2.31. The maximum absolute atomic E-state index is 12.5. The Kier molecular flexibility index (Phi) is 7.14. The Labute approximate surface area is 176 Å². The SMILES string of the molecule is CCC[C@@H]1[C@@H](Oc2nc3cc(OC)ccc3nc2Cl)CN[C@@H]1C(=O)OCC(C)C. The summed E-state index contributed by atoms with van der Waals surface area (Å²) in [6.45, 7) is 7.03. The van der Waals surface area contributed by atoms with Gasteiger partial charge < -0.3 is 19.5 Å². The quantitative estimate of drug-likeness (QED) is 0.651. The van der Waals surface area contributed by atoms with E-state index in [0.29, 0.717) is 35.9 Å². The predicted molar refractivity (Wildman–Crippen MR) is 112 cm³/mol. The highest BCUT2D eigenvalue weighted by Gasteiger charge is 2.42. The molecule has 0 amide bonds. The summed E-state index contributed by atoms with van der Waals surface area (Å²) in [5, 5.41) is 3.45. The molecule has 7 nitrogen and oxygen atoms in total. The molecule has 0 bridgehead atoms. The minimum Gasteiger partial charge on any atom is -0.497 e. The van der Waals surface area contributed by atoms with Crippen molar-refractivity contribution in [2.45, 2.75) is 45.8 Å². The summed E-state index contributed by atoms with van der Waals surface area (Å²) < 4.78 is 16.8. The first-order valence-electron chi connectivity index (χ1n) is 10.0. The van der Waals surface area contributed by atoms with Gasteiger partial charge in [0.05, 0.1) is 24.8 Å². The van der Waals surface area contributed by atoms with Crippen molar-refractivity contribution < 1.29 is 19.0 Å². The lowest BCUT2D eigenvalue weighted by atomic mass is 9.93. The Hall–Kier alpha value is -2.12. The molecule has 3 rings (SSSR count). The second kappa shape index (κ2) is 9.59. The molecule has 0 aliphatic carbocycles. The van der Waals surface area contributed by atoms with E-state index in [1.54, 1.807) is 25.3 Å². The fourth-order valence-electron chi connectivity index (χ4n) is 3.51. The Bertz CT molecular complexity index is 861. The first-order chi connectivity index (χ1) is 13.9. The maximum Gasteiger partial charge on any atom is 0.323 e. The number of carbonyl (C=O) groups is 1. The maximum atomic E-state index is 12.5. The number of carbonyl (C=O) groups excluding carboxylic acids is 1. The molecule has 0 spiro atoms. The van der Waals surface area contributed by atoms with Crippen LogP contribution in [-0.4, -0.2) is 48.3 Å². The molecule has 0 radical (unpaired) electrons. The van der Waals surface area contributed by atoms with E-state index in [0.717, 1.165) is 12.8 Å². The Morgan fingerprint density at radius 3 is 2.79 bits per heavy atom. The van der Waals surface area contributed by atoms with Crippen molar-refractivity contribution in [1.29, 1.82) is 0 Å². The third kappa shape index (κ3) is 5.08. The van der Waals surface area contributed by atoms with Crippen molar-refractivity contribution in [3.63, 3.8) is 0 Å². The van der Waals surface area contributed by atoms with Gasteiger partial charge in [0.1, 0.15) is 17.9 Å². The minimum atomic E-state index is -0.397. The van der Waals surface area contributed by atoms with Crippen molar-refractivity contribution in [2.75, 3.05) is 20.3 Å². The van der Waals surface area contributed by atoms with Crippen LogP contribution in [0.15, 0.2) is 18.2 Å². The molecule has 1 N–H and O–H groups in total. The second-order valence-electron chi connectivity index (χ2n) is 7.69. The average molecular weight is 422 g/mol. The van der Waals surface area contributed by atoms with Gasteiger partial charge in [-0.1, -0.05) is 38.8 Å². The molecule has 1 aromatic carbocycles. The van der Waals surface area contributed by atoms with Crippen molar-refractivity contribution in [2.24, 2.45) is 11.8 Å². The molecule has 2 aromatic rings. The lowest BCUT2D eigenvalue weighted by molar-refractivity contribution is -0.148. The lowest BCUT2D eigenvalue weighted by Gasteiger charge is -2.23. The van der Waals surface area contributed by atoms with E-state index in [9.17, 15) is 4.79 Å². The van der Waals surface area contributed by atoms with Gasteiger partial charge in [-0.25, -0.2) is 9.97 Å². The van der Waals surface area contributed by atoms with Gasteiger partial charge in [0.25, 0.3) is 5.88 Å². The van der Waals surface area contributed by atoms with Gasteiger partial charge >= 0.3 is 5.97 Å². The molecular weight excluding hydrogens is 394 g/mol. The van der Waals surface area contributed by atoms with Crippen LogP contribution in [0.3, 0.4) is 0 Å². The summed E-state index contributed by atoms with van der Waals surface area (Å²) in [6, 6.07) is 4.99. The molecule has 1 aromatic heterocycles. The Morgan fingerprint density at radius 2 is 2.10 bits per heavy atom. The van der Waals surface area contributed by atoms with Crippen molar-refractivity contribution >= 4 is 28.6 Å². The molecular formula is C21H28ClN3O4. The predicted octanol–water partition coefficient (Wildman–Crippen LogP) is 3.63. The van der Waals surface area contributed by atoms with Gasteiger partial charge in [0.2, 0.25) is 0 Å². The molecule has 1 saturated heterocycles. The van der Waals surface area contributed by atoms with E-state index in [1.807, 2.05) is 13.8 Å². The zero-order chi connectivity index (χ0) is 21.0. The molecule has 158 valence electrons. The summed E-state index contributed by atoms with van der Waals surface area (Å²) in [7, 11) is 1.60. The number of methoxy groups -OCH3 is 1. The number of nitrogens with zero attached hydrogens (tertiary/aromatic N) is 2. The van der Waals surface area contributed by atoms with E-state index in [4.69, 9.17) is 25.8 Å². The molecule has 1 aliphatic heterocycles. The second-order valence-corrected chi connectivity index (χ2v) is 8.05. The number of halogens is 1. The van der Waals surface area contributed by atoms with Crippen LogP contribution in [0, 0.1) is 11.8 Å². The number of hydrogen-bond acceptors (Lipinski definition) is 7. The first-order valence-corrected chi connectivity index (χ1v) is 10.4. The molecule has 2 heterocycles. The van der Waals surface area contributed by atoms with Gasteiger partial charge in [-0.15, -0.1) is 0 Å². The van der Waals surface area contributed by atoms with Crippen LogP contribution in [0.4, 0.5) is 0 Å². The third-order valence-corrected chi connectivity index (χ3v) is 5.19. The zero-order valence-corrected chi connectivity index (χ0v) is 18.0. The van der Waals surface area contributed by atoms with Crippen LogP contribution in [-0.2, 0) is 9.53 Å². The molecule has 29 heavy (non-hydrogen) atoms. The van der Waals surface area contributed by atoms with Crippen LogP contribution >= 0.6 is 11.6 Å². The highest BCUT2D eigenvalue weighted by molar-refractivity contribution is 6.31. The number of benzene rings is 1. The highest BCUT2D eigenvalue weighted by atomic mass is 35.5. The van der Waals surface area contributed by atoms with Crippen LogP contribution < -0.4 is 14.8 Å². The van der Waals surface area contributed by atoms with E-state index < -0.39 is 6.04 Å². The smallest absolute Gasteiger partial charge is 0.323 e. The first kappa shape index (κ1) is 21.6. The standard InChI is InChI=1S/C21H28ClN3O4/c1-5-6-14-17(10-23-18(14)21(26)28-11-12(2)3)29-20-19(22)24-15-8-7-13(27-4)9-16(15)25-20/h7-9,12,14,17-18,23H,5-6,10-11H2,1-4H3/t14-,17+,18+/m1/s1. The van der Waals surface area contributed by atoms with Crippen molar-refractivity contribution in [3.8, 4) is 11.6 Å². The van der Waals surface area contributed by atoms with Crippen LogP contribution in [0.5, 0.6) is 11.6 Å². The largest absolute Gasteiger partial charge is 0.497 e. The Morgan fingerprint density at radius 1 is 1.31 bits per heavy atom. The molecule has 3 atom stereocenters. The number of hydrogen-bond donors (Lipinski definition) is 1. The fourth-order valence-corrected chi connectivity index (χ4v) is 3.69. The average Bonchev–Trinajstić information content (AvgIpc) is 3.09. The van der Waals surface area contributed by atoms with Gasteiger partial charge in [-0.2, -0.15) is 0 Å². The van der Waals surface area contributed by atoms with Gasteiger partial charge in [-0.05, 0) is 24.5 Å². The van der Waals surface area contributed by atoms with Crippen LogP contribution in [0.2, 0.25) is 5.15 Å². The topological polar surface area (TPSA) is 82.6 Å². The number of rotatable bonds is 8. The van der Waals surface area contributed by atoms with Crippen molar-refractivity contribution in [1.82, 2.24) is 15.3 Å². The summed E-state index contributed by atoms with van der Waals surface area (Å²) in [6.07, 6.45) is 1.50. The van der Waals surface area contributed by atoms with Crippen LogP contribution in [0.1, 0.15) is 33.6 Å². The van der Waals surface area contributed by atoms with Gasteiger partial charge in [0.15, 0.2) is 5.15 Å². The fraction of sp³-hybridized carbons (Fsp3) is 0.571. The van der Waals surface area contributed by atoms with Gasteiger partial charge in [0, 0.05) is 18.5 Å². The number of aromatic nitrogens is 2. The minimum absolute atomic E-state index is 0.0291. The number of ether oxygens (including phenoxy) is 3. The van der Waals surface area contributed by atoms with E-state index in [-0.39, 0.29) is 29.0 Å². The van der Waals surface area contributed by atoms with Crippen LogP contribution in [0.25, 0.3) is 11.0 Å². The summed E-state index contributed by atoms with van der Waals surface area (Å²) in [4.78, 5) is 21.4. The van der Waals surface area contributed by atoms with E-state index in [1.165, 1.54) is 0 Å². The molecule has 8 heteroatoms. The number of nitrogens with one attached hydrogen (secondary N) is 1. The molecule has 0 saturated carbocycles. The summed E-state index contributed by atoms with van der Waals surface area (Å²) in [5.41, 5.74) is 1.29.